The summed E-state index contributed by atoms with van der Waals surface area (Å²) in [6.07, 6.45) is 0.859. The third-order valence-corrected chi connectivity index (χ3v) is 2.09. The van der Waals surface area contributed by atoms with Crippen molar-refractivity contribution >= 4 is 32.7 Å². The third kappa shape index (κ3) is 73.8. The average molecular weight is 617 g/mol. The van der Waals surface area contributed by atoms with E-state index in [9.17, 15) is 19.8 Å². The molecule has 0 saturated carbocycles. The van der Waals surface area contributed by atoms with E-state index in [-0.39, 0.29) is 64.4 Å². The molecule has 0 amide bonds. The van der Waals surface area contributed by atoms with Gasteiger partial charge in [-0.05, 0) is 12.8 Å². The zero-order valence-corrected chi connectivity index (χ0v) is 19.0. The van der Waals surface area contributed by atoms with E-state index in [2.05, 4.69) is 0 Å². The Hall–Kier alpha value is 0.158. The summed E-state index contributed by atoms with van der Waals surface area (Å²) in [4.78, 5) is 19.8. The van der Waals surface area contributed by atoms with E-state index in [0.29, 0.717) is 12.8 Å². The Bertz CT molecular complexity index is 504. The molecule has 0 aromatic rings. The van der Waals surface area contributed by atoms with Crippen molar-refractivity contribution in [3.05, 3.63) is 0 Å². The summed E-state index contributed by atoms with van der Waals surface area (Å²) in [5.41, 5.74) is 0. The third-order valence-electron chi connectivity index (χ3n) is 2.09. The van der Waals surface area contributed by atoms with Gasteiger partial charge in [0.2, 0.25) is 0 Å². The second kappa shape index (κ2) is 26.2. The normalized spacial score (nSPS) is 11.3. The molecule has 3 radical (unpaired) electrons. The zero-order chi connectivity index (χ0) is 22.1. The largest absolute Gasteiger partial charge is 2.00 e. The Balaban J connectivity index is -0.0000000440. The molecule has 0 heterocycles. The molecule has 0 aliphatic rings. The minimum absolute atomic E-state index is 0. The molecule has 0 saturated heterocycles. The number of carboxylic acid groups (broad SMARTS) is 2. The van der Waals surface area contributed by atoms with Crippen molar-refractivity contribution in [3.63, 3.8) is 0 Å². The summed E-state index contributed by atoms with van der Waals surface area (Å²) < 4.78 is 68.2. The number of hydrogen-bond acceptors (Lipinski definition) is 14. The van der Waals surface area contributed by atoms with Crippen LogP contribution in [0.2, 0.25) is 0 Å². The van der Waals surface area contributed by atoms with Gasteiger partial charge in [0, 0.05) is 44.6 Å². The molecule has 2 N–H and O–H groups in total. The van der Waals surface area contributed by atoms with Crippen LogP contribution in [-0.2, 0) is 81.6 Å². The number of aliphatic carboxylic acids is 2. The molecule has 0 aliphatic heterocycles. The minimum atomic E-state index is -5.17. The molecule has 0 rings (SSSR count). The first-order chi connectivity index (χ1) is 11.4. The maximum atomic E-state index is 9.89. The van der Waals surface area contributed by atoms with Crippen molar-refractivity contribution in [2.75, 3.05) is 13.2 Å². The number of aliphatic hydroxyl groups excluding tert-OH is 2. The zero-order valence-electron chi connectivity index (χ0n) is 14.5. The molecule has 2 unspecified atom stereocenters. The van der Waals surface area contributed by atoms with Gasteiger partial charge in [-0.3, -0.25) is 16.8 Å². The van der Waals surface area contributed by atoms with Crippen molar-refractivity contribution in [1.29, 1.82) is 0 Å². The summed E-state index contributed by atoms with van der Waals surface area (Å²) in [5, 5.41) is 36.3. The first kappa shape index (κ1) is 47.1. The van der Waals surface area contributed by atoms with E-state index < -0.39 is 44.6 Å². The van der Waals surface area contributed by atoms with Crippen LogP contribution >= 0.6 is 0 Å². The maximum absolute atomic E-state index is 9.89. The molecule has 187 valence electrons. The molecule has 0 fully saturated rings. The molecule has 0 aromatic carbocycles. The average Bonchev–Trinajstić information content (AvgIpc) is 2.37. The van der Waals surface area contributed by atoms with Gasteiger partial charge in [-0.15, -0.1) is 0 Å². The van der Waals surface area contributed by atoms with Gasteiger partial charge in [-0.2, -0.15) is 0 Å². The van der Waals surface area contributed by atoms with Crippen LogP contribution in [-0.4, -0.2) is 70.4 Å². The summed E-state index contributed by atoms with van der Waals surface area (Å²) in [6, 6.07) is 0. The van der Waals surface area contributed by atoms with Gasteiger partial charge < -0.3 is 48.2 Å². The van der Waals surface area contributed by atoms with Crippen LogP contribution < -0.4 is 10.2 Å². The van der Waals surface area contributed by atoms with Crippen LogP contribution in [0.4, 0.5) is 0 Å². The molecular formula is C10H18Cu3O14S2. The van der Waals surface area contributed by atoms with E-state index in [1.54, 1.807) is 13.8 Å². The van der Waals surface area contributed by atoms with Crippen molar-refractivity contribution in [2.45, 2.75) is 26.7 Å². The van der Waals surface area contributed by atoms with Gasteiger partial charge in [0.25, 0.3) is 0 Å². The molecule has 14 nitrogen and oxygen atoms in total. The second-order valence-electron chi connectivity index (χ2n) is 4.03. The topological polar surface area (TPSA) is 281 Å². The van der Waals surface area contributed by atoms with Crippen molar-refractivity contribution in [1.82, 2.24) is 0 Å². The summed E-state index contributed by atoms with van der Waals surface area (Å²) in [7, 11) is -10.3. The fourth-order valence-corrected chi connectivity index (χ4v) is 0.741. The number of carboxylic acids is 2. The van der Waals surface area contributed by atoms with Crippen LogP contribution in [0, 0.1) is 11.8 Å². The van der Waals surface area contributed by atoms with Gasteiger partial charge in [0.15, 0.2) is 0 Å². The Morgan fingerprint density at radius 1 is 0.690 bits per heavy atom. The molecule has 19 heteroatoms. The number of carbonyl (C=O) groups excluding carboxylic acids is 2. The van der Waals surface area contributed by atoms with Gasteiger partial charge in [0.05, 0.1) is 13.2 Å². The smallest absolute Gasteiger partial charge is 0.759 e. The predicted octanol–water partition coefficient (Wildman–Crippen LogP) is -5.17. The van der Waals surface area contributed by atoms with E-state index >= 15 is 0 Å². The van der Waals surface area contributed by atoms with Crippen LogP contribution in [0.15, 0.2) is 0 Å². The van der Waals surface area contributed by atoms with Crippen LogP contribution in [0.5, 0.6) is 0 Å². The van der Waals surface area contributed by atoms with Gasteiger partial charge in [0.1, 0.15) is 0 Å². The number of carbonyl (C=O) groups is 2. The van der Waals surface area contributed by atoms with Gasteiger partial charge in [-0.1, -0.05) is 13.8 Å². The first-order valence-corrected chi connectivity index (χ1v) is 9.07. The number of hydrogen-bond donors (Lipinski definition) is 2. The minimum Gasteiger partial charge on any atom is -0.759 e. The summed E-state index contributed by atoms with van der Waals surface area (Å²) in [5.74, 6) is -3.71. The quantitative estimate of drug-likeness (QED) is 0.160. The Labute approximate surface area is 200 Å². The van der Waals surface area contributed by atoms with Crippen LogP contribution in [0.3, 0.4) is 0 Å². The van der Waals surface area contributed by atoms with Crippen LogP contribution in [0.25, 0.3) is 0 Å². The molecule has 0 spiro atoms. The van der Waals surface area contributed by atoms with Crippen molar-refractivity contribution in [3.8, 4) is 0 Å². The Kier molecular flexibility index (Phi) is 42.5. The predicted molar refractivity (Wildman–Crippen MR) is 72.7 cm³/mol. The van der Waals surface area contributed by atoms with Gasteiger partial charge >= 0.3 is 51.2 Å². The summed E-state index contributed by atoms with van der Waals surface area (Å²) in [6.45, 7) is 2.74. The second-order valence-corrected chi connectivity index (χ2v) is 5.66. The molecule has 29 heavy (non-hydrogen) atoms. The monoisotopic (exact) mass is 615 g/mol. The molecule has 0 aromatic heterocycles. The Morgan fingerprint density at radius 2 is 0.828 bits per heavy atom. The van der Waals surface area contributed by atoms with E-state index in [4.69, 9.17) is 45.3 Å². The fraction of sp³-hybridized carbons (Fsp3) is 0.800. The molecule has 2 atom stereocenters. The standard InChI is InChI=1S/2C5H10O3.3Cu.2H2O4S/c2*1-2-4(3-6)5(7)8;;;;2*1-5(2,3)4/h2*4,6H,2-3H2,1H3,(H,7,8);;;;2*(H2,1,2,3,4)/q;;3*+2;;/p-6. The molecule has 0 aliphatic carbocycles. The maximum Gasteiger partial charge on any atom is 2.00 e. The van der Waals surface area contributed by atoms with Crippen molar-refractivity contribution < 1.29 is 116 Å². The first-order valence-electron chi connectivity index (χ1n) is 6.41. The molecular weight excluding hydrogens is 599 g/mol. The Morgan fingerprint density at radius 3 is 0.828 bits per heavy atom. The van der Waals surface area contributed by atoms with Crippen LogP contribution in [0.1, 0.15) is 26.7 Å². The molecule has 0 bridgehead atoms. The SMILES string of the molecule is CCC(CO)C(=O)[O-].CCC(CO)C(=O)[O-].O=S(=O)([O-])[O-].O=S(=O)([O-])[O-].[Cu+2].[Cu+2].[Cu+2]. The van der Waals surface area contributed by atoms with Gasteiger partial charge in [-0.25, -0.2) is 0 Å². The fourth-order valence-electron chi connectivity index (χ4n) is 0.741. The number of rotatable bonds is 6. The number of aliphatic hydroxyl groups is 2. The van der Waals surface area contributed by atoms with E-state index in [0.717, 1.165) is 0 Å². The van der Waals surface area contributed by atoms with E-state index in [1.807, 2.05) is 0 Å². The summed E-state index contributed by atoms with van der Waals surface area (Å²) >= 11 is 0. The van der Waals surface area contributed by atoms with Crippen molar-refractivity contribution in [2.24, 2.45) is 11.8 Å². The van der Waals surface area contributed by atoms with E-state index in [1.165, 1.54) is 0 Å².